The molecule has 1 aromatic rings. The van der Waals surface area contributed by atoms with Crippen molar-refractivity contribution in [1.82, 2.24) is 15.5 Å². The molecule has 0 bridgehead atoms. The van der Waals surface area contributed by atoms with Crippen LogP contribution < -0.4 is 15.4 Å². The van der Waals surface area contributed by atoms with E-state index in [1.54, 1.807) is 0 Å². The second-order valence-corrected chi connectivity index (χ2v) is 5.54. The lowest BCUT2D eigenvalue weighted by Crippen LogP contribution is -2.52. The van der Waals surface area contributed by atoms with Crippen LogP contribution in [0.4, 0.5) is 0 Å². The van der Waals surface area contributed by atoms with Crippen molar-refractivity contribution in [2.45, 2.75) is 19.9 Å². The zero-order valence-corrected chi connectivity index (χ0v) is 14.1. The van der Waals surface area contributed by atoms with Crippen LogP contribution in [0.2, 0.25) is 0 Å². The number of carbonyl (C=O) groups is 1. The molecule has 124 valence electrons. The fourth-order valence-corrected chi connectivity index (χ4v) is 2.42. The summed E-state index contributed by atoms with van der Waals surface area (Å²) < 4.78 is 5.61. The molecule has 1 saturated heterocycles. The van der Waals surface area contributed by atoms with Crippen molar-refractivity contribution >= 4 is 18.3 Å². The predicted octanol–water partition coefficient (Wildman–Crippen LogP) is 1.21. The van der Waals surface area contributed by atoms with Crippen LogP contribution in [0, 0.1) is 6.92 Å². The number of nitrogens with zero attached hydrogens (tertiary/aromatic N) is 1. The lowest BCUT2D eigenvalue weighted by Gasteiger charge is -2.33. The van der Waals surface area contributed by atoms with Gasteiger partial charge in [0, 0.05) is 25.7 Å². The van der Waals surface area contributed by atoms with Crippen molar-refractivity contribution in [3.63, 3.8) is 0 Å². The van der Waals surface area contributed by atoms with Crippen LogP contribution in [0.25, 0.3) is 0 Å². The van der Waals surface area contributed by atoms with Gasteiger partial charge in [-0.1, -0.05) is 12.1 Å². The van der Waals surface area contributed by atoms with Crippen molar-refractivity contribution in [1.29, 1.82) is 0 Å². The molecule has 1 heterocycles. The molecule has 1 aliphatic rings. The molecule has 0 spiro atoms. The zero-order valence-electron chi connectivity index (χ0n) is 13.3. The van der Waals surface area contributed by atoms with Gasteiger partial charge in [0.1, 0.15) is 12.4 Å². The van der Waals surface area contributed by atoms with Crippen LogP contribution in [0.3, 0.4) is 0 Å². The summed E-state index contributed by atoms with van der Waals surface area (Å²) in [5, 5.41) is 6.23. The molecule has 0 unspecified atom stereocenters. The van der Waals surface area contributed by atoms with E-state index >= 15 is 0 Å². The van der Waals surface area contributed by atoms with Gasteiger partial charge in [0.05, 0.1) is 13.1 Å². The molecule has 0 aliphatic carbocycles. The minimum atomic E-state index is 0. The van der Waals surface area contributed by atoms with E-state index in [4.69, 9.17) is 4.74 Å². The van der Waals surface area contributed by atoms with Gasteiger partial charge in [0.25, 0.3) is 0 Å². The van der Waals surface area contributed by atoms with Crippen molar-refractivity contribution in [3.05, 3.63) is 29.8 Å². The highest BCUT2D eigenvalue weighted by atomic mass is 35.5. The lowest BCUT2D eigenvalue weighted by molar-refractivity contribution is -0.123. The number of piperazine rings is 1. The minimum Gasteiger partial charge on any atom is -0.492 e. The molecule has 5 nitrogen and oxygen atoms in total. The molecule has 0 radical (unpaired) electrons. The number of ether oxygens (including phenoxy) is 1. The van der Waals surface area contributed by atoms with Gasteiger partial charge >= 0.3 is 0 Å². The molecular weight excluding hydrogens is 302 g/mol. The Morgan fingerprint density at radius 3 is 3.05 bits per heavy atom. The molecule has 1 fully saturated rings. The highest BCUT2D eigenvalue weighted by Gasteiger charge is 2.19. The van der Waals surface area contributed by atoms with E-state index in [9.17, 15) is 4.79 Å². The molecule has 2 N–H and O–H groups in total. The topological polar surface area (TPSA) is 53.6 Å². The number of rotatable bonds is 6. The van der Waals surface area contributed by atoms with E-state index in [2.05, 4.69) is 22.5 Å². The van der Waals surface area contributed by atoms with Crippen LogP contribution in [0.15, 0.2) is 24.3 Å². The summed E-state index contributed by atoms with van der Waals surface area (Å²) in [6.45, 7) is 8.49. The lowest BCUT2D eigenvalue weighted by atomic mass is 10.2. The molecule has 6 heteroatoms. The van der Waals surface area contributed by atoms with E-state index < -0.39 is 0 Å². The average Bonchev–Trinajstić information content (AvgIpc) is 2.46. The number of benzene rings is 1. The molecular formula is C16H26ClN3O2. The second kappa shape index (κ2) is 9.66. The average molecular weight is 328 g/mol. The number of carbonyl (C=O) groups excluding carboxylic acids is 1. The summed E-state index contributed by atoms with van der Waals surface area (Å²) in [4.78, 5) is 14.1. The number of hydrogen-bond donors (Lipinski definition) is 2. The Bertz CT molecular complexity index is 470. The molecule has 2 rings (SSSR count). The summed E-state index contributed by atoms with van der Waals surface area (Å²) in [7, 11) is 0. The third-order valence-electron chi connectivity index (χ3n) is 3.67. The third kappa shape index (κ3) is 6.22. The molecule has 1 atom stereocenters. The molecule has 22 heavy (non-hydrogen) atoms. The Hall–Kier alpha value is -1.30. The fourth-order valence-electron chi connectivity index (χ4n) is 2.42. The smallest absolute Gasteiger partial charge is 0.234 e. The molecule has 1 aliphatic heterocycles. The van der Waals surface area contributed by atoms with Crippen LogP contribution in [0.1, 0.15) is 12.5 Å². The van der Waals surface area contributed by atoms with Gasteiger partial charge in [-0.25, -0.2) is 0 Å². The first-order chi connectivity index (χ1) is 10.1. The summed E-state index contributed by atoms with van der Waals surface area (Å²) in [6, 6.07) is 8.33. The summed E-state index contributed by atoms with van der Waals surface area (Å²) in [6.07, 6.45) is 0. The van der Waals surface area contributed by atoms with Crippen LogP contribution in [0.5, 0.6) is 5.75 Å². The van der Waals surface area contributed by atoms with Gasteiger partial charge in [-0.05, 0) is 31.5 Å². The number of hydrogen-bond acceptors (Lipinski definition) is 4. The predicted molar refractivity (Wildman–Crippen MR) is 90.8 cm³/mol. The molecule has 1 amide bonds. The first-order valence-corrected chi connectivity index (χ1v) is 7.56. The summed E-state index contributed by atoms with van der Waals surface area (Å²) in [5.41, 5.74) is 1.17. The van der Waals surface area contributed by atoms with E-state index in [-0.39, 0.29) is 18.3 Å². The minimum absolute atomic E-state index is 0. The van der Waals surface area contributed by atoms with Gasteiger partial charge in [0.2, 0.25) is 5.91 Å². The van der Waals surface area contributed by atoms with Crippen molar-refractivity contribution < 1.29 is 9.53 Å². The monoisotopic (exact) mass is 327 g/mol. The highest BCUT2D eigenvalue weighted by Crippen LogP contribution is 2.11. The van der Waals surface area contributed by atoms with Crippen molar-refractivity contribution in [2.24, 2.45) is 0 Å². The van der Waals surface area contributed by atoms with E-state index in [0.717, 1.165) is 25.4 Å². The SMILES string of the molecule is Cc1cccc(OCCNC(=O)CN2CCNC[C@@H]2C)c1.Cl. The summed E-state index contributed by atoms with van der Waals surface area (Å²) in [5.74, 6) is 0.913. The number of amides is 1. The third-order valence-corrected chi connectivity index (χ3v) is 3.67. The number of aryl methyl sites for hydroxylation is 1. The maximum atomic E-state index is 11.9. The van der Waals surface area contributed by atoms with Gasteiger partial charge in [-0.15, -0.1) is 12.4 Å². The summed E-state index contributed by atoms with van der Waals surface area (Å²) >= 11 is 0. The Balaban J connectivity index is 0.00000242. The Labute approximate surface area is 138 Å². The van der Waals surface area contributed by atoms with Crippen molar-refractivity contribution in [3.8, 4) is 5.75 Å². The number of nitrogens with one attached hydrogen (secondary N) is 2. The van der Waals surface area contributed by atoms with E-state index in [0.29, 0.717) is 25.7 Å². The highest BCUT2D eigenvalue weighted by molar-refractivity contribution is 5.85. The van der Waals surface area contributed by atoms with Crippen molar-refractivity contribution in [2.75, 3.05) is 39.3 Å². The van der Waals surface area contributed by atoms with Gasteiger partial charge < -0.3 is 15.4 Å². The standard InChI is InChI=1S/C16H25N3O2.ClH/c1-13-4-3-5-15(10-13)21-9-7-18-16(20)12-19-8-6-17-11-14(19)2;/h3-5,10,14,17H,6-9,11-12H2,1-2H3,(H,18,20);1H/t14-;/m0./s1. The van der Waals surface area contributed by atoms with Crippen LogP contribution >= 0.6 is 12.4 Å². The quantitative estimate of drug-likeness (QED) is 0.771. The first kappa shape index (κ1) is 18.7. The largest absolute Gasteiger partial charge is 0.492 e. The zero-order chi connectivity index (χ0) is 15.1. The fraction of sp³-hybridized carbons (Fsp3) is 0.562. The Morgan fingerprint density at radius 2 is 2.32 bits per heavy atom. The molecule has 1 aromatic carbocycles. The first-order valence-electron chi connectivity index (χ1n) is 7.56. The van der Waals surface area contributed by atoms with E-state index in [1.165, 1.54) is 5.56 Å². The number of halogens is 1. The van der Waals surface area contributed by atoms with Gasteiger partial charge in [-0.3, -0.25) is 9.69 Å². The molecule has 0 aromatic heterocycles. The Kier molecular flexibility index (Phi) is 8.24. The maximum absolute atomic E-state index is 11.9. The Morgan fingerprint density at radius 1 is 1.50 bits per heavy atom. The van der Waals surface area contributed by atoms with Crippen LogP contribution in [-0.4, -0.2) is 56.2 Å². The second-order valence-electron chi connectivity index (χ2n) is 5.54. The van der Waals surface area contributed by atoms with Crippen LogP contribution in [-0.2, 0) is 4.79 Å². The maximum Gasteiger partial charge on any atom is 0.234 e. The van der Waals surface area contributed by atoms with Gasteiger partial charge in [-0.2, -0.15) is 0 Å². The normalized spacial score (nSPS) is 18.4. The van der Waals surface area contributed by atoms with Gasteiger partial charge in [0.15, 0.2) is 0 Å². The van der Waals surface area contributed by atoms with E-state index in [1.807, 2.05) is 31.2 Å². The molecule has 0 saturated carbocycles.